The fraction of sp³-hybridized carbons (Fsp3) is 0.385. The molecular formula is C26H31N3O. The van der Waals surface area contributed by atoms with E-state index in [-0.39, 0.29) is 17.6 Å². The van der Waals surface area contributed by atoms with Crippen LogP contribution in [0.5, 0.6) is 0 Å². The normalized spacial score (nSPS) is 15.5. The standard InChI is InChI=1S/C26H31N3O/c1-25(2,3)29-24-17-22(20-8-5-4-6-9-20)27-23(28-24)16-19-10-12-21(13-11-19)26(18-30)14-7-15-26/h4-6,8-13,17,30H,7,14-16,18H2,1-3H3,(H,27,28,29). The van der Waals surface area contributed by atoms with Crippen molar-refractivity contribution < 1.29 is 5.11 Å². The van der Waals surface area contributed by atoms with E-state index in [9.17, 15) is 5.11 Å². The summed E-state index contributed by atoms with van der Waals surface area (Å²) in [6.07, 6.45) is 4.03. The second-order valence-electron chi connectivity index (χ2n) is 9.46. The fourth-order valence-corrected chi connectivity index (χ4v) is 4.08. The van der Waals surface area contributed by atoms with Gasteiger partial charge in [0.2, 0.25) is 0 Å². The van der Waals surface area contributed by atoms with Gasteiger partial charge in [0.15, 0.2) is 0 Å². The molecule has 4 nitrogen and oxygen atoms in total. The summed E-state index contributed by atoms with van der Waals surface area (Å²) in [5, 5.41) is 13.3. The third-order valence-electron chi connectivity index (χ3n) is 5.89. The molecule has 0 spiro atoms. The molecule has 1 saturated carbocycles. The van der Waals surface area contributed by atoms with Gasteiger partial charge in [-0.2, -0.15) is 0 Å². The number of nitrogens with zero attached hydrogens (tertiary/aromatic N) is 2. The highest BCUT2D eigenvalue weighted by Gasteiger charge is 2.37. The smallest absolute Gasteiger partial charge is 0.135 e. The Hall–Kier alpha value is -2.72. The fourth-order valence-electron chi connectivity index (χ4n) is 4.08. The number of aliphatic hydroxyl groups excluding tert-OH is 1. The van der Waals surface area contributed by atoms with Crippen LogP contribution in [0.2, 0.25) is 0 Å². The van der Waals surface area contributed by atoms with Gasteiger partial charge in [0, 0.05) is 29.0 Å². The largest absolute Gasteiger partial charge is 0.395 e. The van der Waals surface area contributed by atoms with Crippen molar-refractivity contribution in [2.75, 3.05) is 11.9 Å². The predicted octanol–water partition coefficient (Wildman–Crippen LogP) is 5.36. The molecule has 30 heavy (non-hydrogen) atoms. The summed E-state index contributed by atoms with van der Waals surface area (Å²) in [6.45, 7) is 6.63. The van der Waals surface area contributed by atoms with Crippen molar-refractivity contribution in [1.29, 1.82) is 0 Å². The van der Waals surface area contributed by atoms with Crippen LogP contribution in [0.15, 0.2) is 60.7 Å². The first kappa shape index (κ1) is 20.5. The Balaban J connectivity index is 1.62. The second-order valence-corrected chi connectivity index (χ2v) is 9.46. The van der Waals surface area contributed by atoms with Gasteiger partial charge in [0.1, 0.15) is 11.6 Å². The van der Waals surface area contributed by atoms with E-state index in [1.165, 1.54) is 17.5 Å². The van der Waals surface area contributed by atoms with Crippen molar-refractivity contribution in [3.05, 3.63) is 77.6 Å². The minimum Gasteiger partial charge on any atom is -0.395 e. The van der Waals surface area contributed by atoms with Crippen LogP contribution in [0.25, 0.3) is 11.3 Å². The molecule has 4 heteroatoms. The lowest BCUT2D eigenvalue weighted by atomic mass is 9.65. The van der Waals surface area contributed by atoms with E-state index < -0.39 is 0 Å². The van der Waals surface area contributed by atoms with Crippen molar-refractivity contribution in [2.45, 2.75) is 57.4 Å². The van der Waals surface area contributed by atoms with Gasteiger partial charge in [0.05, 0.1) is 12.3 Å². The summed E-state index contributed by atoms with van der Waals surface area (Å²) >= 11 is 0. The van der Waals surface area contributed by atoms with Gasteiger partial charge in [-0.3, -0.25) is 0 Å². The van der Waals surface area contributed by atoms with E-state index in [1.807, 2.05) is 24.3 Å². The molecule has 3 aromatic rings. The SMILES string of the molecule is CC(C)(C)Nc1cc(-c2ccccc2)nc(Cc2ccc(C3(CO)CCC3)cc2)n1. The molecule has 4 rings (SSSR count). The maximum atomic E-state index is 9.83. The molecule has 1 aliphatic carbocycles. The molecule has 1 heterocycles. The highest BCUT2D eigenvalue weighted by Crippen LogP contribution is 2.43. The number of nitrogens with one attached hydrogen (secondary N) is 1. The van der Waals surface area contributed by atoms with Gasteiger partial charge >= 0.3 is 0 Å². The Bertz CT molecular complexity index is 982. The second kappa shape index (κ2) is 8.19. The molecule has 2 aromatic carbocycles. The number of aliphatic hydroxyl groups is 1. The lowest BCUT2D eigenvalue weighted by molar-refractivity contribution is 0.120. The summed E-state index contributed by atoms with van der Waals surface area (Å²) < 4.78 is 0. The van der Waals surface area contributed by atoms with E-state index in [2.05, 4.69) is 62.5 Å². The number of hydrogen-bond donors (Lipinski definition) is 2. The quantitative estimate of drug-likeness (QED) is 0.584. The topological polar surface area (TPSA) is 58.0 Å². The Labute approximate surface area is 179 Å². The first-order chi connectivity index (χ1) is 14.4. The lowest BCUT2D eigenvalue weighted by Crippen LogP contribution is -2.37. The molecule has 0 unspecified atom stereocenters. The van der Waals surface area contributed by atoms with Crippen molar-refractivity contribution in [3.8, 4) is 11.3 Å². The summed E-state index contributed by atoms with van der Waals surface area (Å²) in [5.41, 5.74) is 4.34. The van der Waals surface area contributed by atoms with Crippen molar-refractivity contribution in [1.82, 2.24) is 9.97 Å². The molecule has 1 aliphatic rings. The van der Waals surface area contributed by atoms with Crippen molar-refractivity contribution >= 4 is 5.82 Å². The van der Waals surface area contributed by atoms with Crippen LogP contribution >= 0.6 is 0 Å². The molecule has 156 valence electrons. The Morgan fingerprint density at radius 1 is 0.967 bits per heavy atom. The summed E-state index contributed by atoms with van der Waals surface area (Å²) in [6, 6.07) is 20.9. The molecule has 0 amide bonds. The zero-order valence-electron chi connectivity index (χ0n) is 18.2. The molecular weight excluding hydrogens is 370 g/mol. The molecule has 0 radical (unpaired) electrons. The predicted molar refractivity (Wildman–Crippen MR) is 123 cm³/mol. The van der Waals surface area contributed by atoms with Crippen LogP contribution < -0.4 is 5.32 Å². The Kier molecular flexibility index (Phi) is 5.61. The summed E-state index contributed by atoms with van der Waals surface area (Å²) in [5.74, 6) is 1.65. The third kappa shape index (κ3) is 4.54. The minimum atomic E-state index is -0.0807. The molecule has 1 aromatic heterocycles. The maximum Gasteiger partial charge on any atom is 0.135 e. The van der Waals surface area contributed by atoms with Crippen LogP contribution in [-0.4, -0.2) is 27.2 Å². The van der Waals surface area contributed by atoms with Gasteiger partial charge in [-0.15, -0.1) is 0 Å². The number of anilines is 1. The lowest BCUT2D eigenvalue weighted by Gasteiger charge is -2.40. The summed E-state index contributed by atoms with van der Waals surface area (Å²) in [7, 11) is 0. The number of aromatic nitrogens is 2. The third-order valence-corrected chi connectivity index (χ3v) is 5.89. The van der Waals surface area contributed by atoms with E-state index in [0.29, 0.717) is 6.42 Å². The molecule has 0 aliphatic heterocycles. The first-order valence-electron chi connectivity index (χ1n) is 10.8. The van der Waals surface area contributed by atoms with Gasteiger partial charge in [0.25, 0.3) is 0 Å². The van der Waals surface area contributed by atoms with Gasteiger partial charge < -0.3 is 10.4 Å². The molecule has 0 saturated heterocycles. The molecule has 0 atom stereocenters. The minimum absolute atomic E-state index is 0.0218. The van der Waals surface area contributed by atoms with Crippen molar-refractivity contribution in [3.63, 3.8) is 0 Å². The molecule has 0 bridgehead atoms. The average molecular weight is 402 g/mol. The monoisotopic (exact) mass is 401 g/mol. The van der Waals surface area contributed by atoms with E-state index in [0.717, 1.165) is 35.7 Å². The Morgan fingerprint density at radius 3 is 2.23 bits per heavy atom. The molecule has 1 fully saturated rings. The summed E-state index contributed by atoms with van der Waals surface area (Å²) in [4.78, 5) is 9.64. The first-order valence-corrected chi connectivity index (χ1v) is 10.8. The van der Waals surface area contributed by atoms with Gasteiger partial charge in [-0.05, 0) is 44.7 Å². The van der Waals surface area contributed by atoms with Crippen LogP contribution in [0.4, 0.5) is 5.82 Å². The number of rotatable bonds is 6. The van der Waals surface area contributed by atoms with Crippen LogP contribution in [0.3, 0.4) is 0 Å². The highest BCUT2D eigenvalue weighted by atomic mass is 16.3. The van der Waals surface area contributed by atoms with Crippen LogP contribution in [0, 0.1) is 0 Å². The zero-order chi connectivity index (χ0) is 21.2. The van der Waals surface area contributed by atoms with Crippen LogP contribution in [-0.2, 0) is 11.8 Å². The van der Waals surface area contributed by atoms with E-state index in [1.54, 1.807) is 0 Å². The molecule has 2 N–H and O–H groups in total. The van der Waals surface area contributed by atoms with Crippen LogP contribution in [0.1, 0.15) is 57.0 Å². The Morgan fingerprint density at radius 2 is 1.67 bits per heavy atom. The zero-order valence-corrected chi connectivity index (χ0v) is 18.2. The average Bonchev–Trinajstić information content (AvgIpc) is 2.68. The highest BCUT2D eigenvalue weighted by molar-refractivity contribution is 5.62. The van der Waals surface area contributed by atoms with Gasteiger partial charge in [-0.25, -0.2) is 9.97 Å². The number of hydrogen-bond acceptors (Lipinski definition) is 4. The number of benzene rings is 2. The van der Waals surface area contributed by atoms with Crippen molar-refractivity contribution in [2.24, 2.45) is 0 Å². The van der Waals surface area contributed by atoms with E-state index in [4.69, 9.17) is 9.97 Å². The maximum absolute atomic E-state index is 9.83. The van der Waals surface area contributed by atoms with Gasteiger partial charge in [-0.1, -0.05) is 61.0 Å². The van der Waals surface area contributed by atoms with E-state index >= 15 is 0 Å².